The number of benzene rings is 2. The Hall–Kier alpha value is -3.34. The van der Waals surface area contributed by atoms with E-state index in [4.69, 9.17) is 10.5 Å². The van der Waals surface area contributed by atoms with Crippen LogP contribution in [0.1, 0.15) is 5.56 Å². The summed E-state index contributed by atoms with van der Waals surface area (Å²) >= 11 is 0. The molecule has 5 heteroatoms. The van der Waals surface area contributed by atoms with Crippen LogP contribution in [-0.2, 0) is 6.42 Å². The van der Waals surface area contributed by atoms with Gasteiger partial charge in [-0.05, 0) is 42.3 Å². The van der Waals surface area contributed by atoms with Gasteiger partial charge in [-0.3, -0.25) is 9.98 Å². The molecule has 1 heterocycles. The maximum atomic E-state index is 5.95. The molecule has 0 fully saturated rings. The highest BCUT2D eigenvalue weighted by Crippen LogP contribution is 2.23. The van der Waals surface area contributed by atoms with Crippen LogP contribution < -0.4 is 15.8 Å². The Morgan fingerprint density at radius 1 is 1.00 bits per heavy atom. The first-order valence-electron chi connectivity index (χ1n) is 8.08. The van der Waals surface area contributed by atoms with Crippen molar-refractivity contribution < 1.29 is 4.74 Å². The Balaban J connectivity index is 1.56. The second kappa shape index (κ2) is 8.49. The Labute approximate surface area is 147 Å². The molecule has 5 nitrogen and oxygen atoms in total. The van der Waals surface area contributed by atoms with Gasteiger partial charge in [0.05, 0.1) is 0 Å². The number of aliphatic imine (C=N–C) groups is 1. The number of nitrogens with one attached hydrogen (secondary N) is 1. The maximum Gasteiger partial charge on any atom is 0.193 e. The first-order chi connectivity index (χ1) is 12.3. The molecule has 0 saturated heterocycles. The molecule has 1 aromatic heterocycles. The third-order valence-corrected chi connectivity index (χ3v) is 3.49. The van der Waals surface area contributed by atoms with Gasteiger partial charge in [-0.1, -0.05) is 30.3 Å². The number of pyridine rings is 1. The molecule has 0 aliphatic rings. The van der Waals surface area contributed by atoms with Crippen LogP contribution in [0, 0.1) is 0 Å². The standard InChI is InChI=1S/C20H20N4O/c21-20(23-13-11-16-6-5-12-22-15-16)24-17-7-4-10-19(14-17)25-18-8-2-1-3-9-18/h1-10,12,14-15H,11,13H2,(H3,21,23,24). The van der Waals surface area contributed by atoms with Gasteiger partial charge in [0.15, 0.2) is 5.96 Å². The predicted molar refractivity (Wildman–Crippen MR) is 101 cm³/mol. The molecule has 0 unspecified atom stereocenters. The Morgan fingerprint density at radius 3 is 2.64 bits per heavy atom. The molecule has 25 heavy (non-hydrogen) atoms. The summed E-state index contributed by atoms with van der Waals surface area (Å²) in [5.74, 6) is 1.90. The maximum absolute atomic E-state index is 5.95. The van der Waals surface area contributed by atoms with E-state index in [0.717, 1.165) is 29.2 Å². The molecule has 0 aliphatic heterocycles. The van der Waals surface area contributed by atoms with E-state index in [1.54, 1.807) is 6.20 Å². The number of ether oxygens (including phenoxy) is 1. The van der Waals surface area contributed by atoms with E-state index in [9.17, 15) is 0 Å². The molecule has 3 rings (SSSR count). The molecular weight excluding hydrogens is 312 g/mol. The van der Waals surface area contributed by atoms with Crippen LogP contribution in [0.2, 0.25) is 0 Å². The average molecular weight is 332 g/mol. The summed E-state index contributed by atoms with van der Waals surface area (Å²) < 4.78 is 5.81. The van der Waals surface area contributed by atoms with Gasteiger partial charge in [0.1, 0.15) is 11.5 Å². The minimum Gasteiger partial charge on any atom is -0.457 e. The third-order valence-electron chi connectivity index (χ3n) is 3.49. The van der Waals surface area contributed by atoms with Crippen molar-refractivity contribution in [1.82, 2.24) is 4.98 Å². The van der Waals surface area contributed by atoms with E-state index >= 15 is 0 Å². The fourth-order valence-corrected chi connectivity index (χ4v) is 2.30. The molecule has 0 spiro atoms. The highest BCUT2D eigenvalue weighted by molar-refractivity contribution is 5.92. The molecule has 0 saturated carbocycles. The highest BCUT2D eigenvalue weighted by Gasteiger charge is 2.00. The van der Waals surface area contributed by atoms with Gasteiger partial charge in [0.25, 0.3) is 0 Å². The van der Waals surface area contributed by atoms with Crippen LogP contribution >= 0.6 is 0 Å². The fraction of sp³-hybridized carbons (Fsp3) is 0.100. The van der Waals surface area contributed by atoms with Crippen molar-refractivity contribution in [3.05, 3.63) is 84.7 Å². The van der Waals surface area contributed by atoms with E-state index < -0.39 is 0 Å². The van der Waals surface area contributed by atoms with E-state index in [0.29, 0.717) is 12.5 Å². The lowest BCUT2D eigenvalue weighted by Crippen LogP contribution is -2.23. The van der Waals surface area contributed by atoms with Crippen LogP contribution in [0.3, 0.4) is 0 Å². The summed E-state index contributed by atoms with van der Waals surface area (Å²) in [5, 5.41) is 3.09. The second-order valence-corrected chi connectivity index (χ2v) is 5.45. The number of hydrogen-bond donors (Lipinski definition) is 2. The summed E-state index contributed by atoms with van der Waals surface area (Å²) in [7, 11) is 0. The van der Waals surface area contributed by atoms with Crippen molar-refractivity contribution in [1.29, 1.82) is 0 Å². The van der Waals surface area contributed by atoms with Crippen molar-refractivity contribution in [2.45, 2.75) is 6.42 Å². The molecule has 0 bridgehead atoms. The first-order valence-corrected chi connectivity index (χ1v) is 8.08. The van der Waals surface area contributed by atoms with Crippen LogP contribution in [0.5, 0.6) is 11.5 Å². The van der Waals surface area contributed by atoms with Crippen molar-refractivity contribution in [2.24, 2.45) is 10.7 Å². The number of rotatable bonds is 6. The van der Waals surface area contributed by atoms with Crippen LogP contribution in [0.25, 0.3) is 0 Å². The Kier molecular flexibility index (Phi) is 5.61. The Morgan fingerprint density at radius 2 is 1.84 bits per heavy atom. The number of anilines is 1. The van der Waals surface area contributed by atoms with Gasteiger partial charge in [-0.25, -0.2) is 0 Å². The highest BCUT2D eigenvalue weighted by atomic mass is 16.5. The van der Waals surface area contributed by atoms with Gasteiger partial charge in [0, 0.05) is 30.7 Å². The van der Waals surface area contributed by atoms with Crippen LogP contribution in [0.15, 0.2) is 84.1 Å². The van der Waals surface area contributed by atoms with Gasteiger partial charge < -0.3 is 15.8 Å². The summed E-state index contributed by atoms with van der Waals surface area (Å²) in [5.41, 5.74) is 7.92. The summed E-state index contributed by atoms with van der Waals surface area (Å²) in [6.07, 6.45) is 4.39. The average Bonchev–Trinajstić information content (AvgIpc) is 2.64. The van der Waals surface area contributed by atoms with E-state index in [-0.39, 0.29) is 0 Å². The second-order valence-electron chi connectivity index (χ2n) is 5.45. The number of nitrogens with zero attached hydrogens (tertiary/aromatic N) is 2. The molecular formula is C20H20N4O. The minimum atomic E-state index is 0.376. The molecule has 2 aromatic carbocycles. The zero-order valence-electron chi connectivity index (χ0n) is 13.8. The summed E-state index contributed by atoms with van der Waals surface area (Å²) in [6, 6.07) is 21.2. The normalized spacial score (nSPS) is 11.1. The van der Waals surface area contributed by atoms with Crippen molar-refractivity contribution >= 4 is 11.6 Å². The number of guanidine groups is 1. The van der Waals surface area contributed by atoms with Gasteiger partial charge in [-0.15, -0.1) is 0 Å². The molecule has 0 aliphatic carbocycles. The topological polar surface area (TPSA) is 72.5 Å². The summed E-state index contributed by atoms with van der Waals surface area (Å²) in [4.78, 5) is 8.43. The molecule has 0 amide bonds. The molecule has 3 aromatic rings. The number of nitrogens with two attached hydrogens (primary N) is 1. The molecule has 3 N–H and O–H groups in total. The molecule has 0 atom stereocenters. The largest absolute Gasteiger partial charge is 0.457 e. The summed E-state index contributed by atoms with van der Waals surface area (Å²) in [6.45, 7) is 0.602. The molecule has 0 radical (unpaired) electrons. The first kappa shape index (κ1) is 16.5. The van der Waals surface area contributed by atoms with Crippen LogP contribution in [0.4, 0.5) is 5.69 Å². The van der Waals surface area contributed by atoms with Crippen molar-refractivity contribution in [3.63, 3.8) is 0 Å². The third kappa shape index (κ3) is 5.35. The lowest BCUT2D eigenvalue weighted by Gasteiger charge is -2.09. The predicted octanol–water partition coefficient (Wildman–Crippen LogP) is 3.84. The Bertz CT molecular complexity index is 819. The SMILES string of the molecule is NC(=NCCc1cccnc1)Nc1cccc(Oc2ccccc2)c1. The smallest absolute Gasteiger partial charge is 0.193 e. The van der Waals surface area contributed by atoms with E-state index in [1.165, 1.54) is 0 Å². The fourth-order valence-electron chi connectivity index (χ4n) is 2.30. The molecule has 126 valence electrons. The van der Waals surface area contributed by atoms with E-state index in [2.05, 4.69) is 15.3 Å². The number of hydrogen-bond acceptors (Lipinski definition) is 3. The number of para-hydroxylation sites is 1. The lowest BCUT2D eigenvalue weighted by molar-refractivity contribution is 0.483. The van der Waals surface area contributed by atoms with Crippen molar-refractivity contribution in [2.75, 3.05) is 11.9 Å². The zero-order chi connectivity index (χ0) is 17.3. The quantitative estimate of drug-likeness (QED) is 0.531. The zero-order valence-corrected chi connectivity index (χ0v) is 13.8. The van der Waals surface area contributed by atoms with Gasteiger partial charge >= 0.3 is 0 Å². The van der Waals surface area contributed by atoms with E-state index in [1.807, 2.05) is 72.9 Å². The van der Waals surface area contributed by atoms with Crippen LogP contribution in [-0.4, -0.2) is 17.5 Å². The minimum absolute atomic E-state index is 0.376. The lowest BCUT2D eigenvalue weighted by atomic mass is 10.2. The van der Waals surface area contributed by atoms with Gasteiger partial charge in [0.2, 0.25) is 0 Å². The van der Waals surface area contributed by atoms with Gasteiger partial charge in [-0.2, -0.15) is 0 Å². The van der Waals surface area contributed by atoms with Crippen molar-refractivity contribution in [3.8, 4) is 11.5 Å². The monoisotopic (exact) mass is 332 g/mol. The number of aromatic nitrogens is 1.